The van der Waals surface area contributed by atoms with Crippen LogP contribution < -0.4 is 31.1 Å². The summed E-state index contributed by atoms with van der Waals surface area (Å²) in [5, 5.41) is 11.0. The van der Waals surface area contributed by atoms with Crippen LogP contribution in [0.2, 0.25) is 0 Å². The lowest BCUT2D eigenvalue weighted by molar-refractivity contribution is -0.127. The van der Waals surface area contributed by atoms with Crippen LogP contribution in [0.4, 0.5) is 11.4 Å². The number of thioether (sulfide) groups is 1. The third-order valence-corrected chi connectivity index (χ3v) is 6.49. The van der Waals surface area contributed by atoms with Crippen molar-refractivity contribution in [3.05, 3.63) is 54.1 Å². The van der Waals surface area contributed by atoms with Crippen molar-refractivity contribution in [3.8, 4) is 5.75 Å². The fourth-order valence-corrected chi connectivity index (χ4v) is 4.69. The van der Waals surface area contributed by atoms with Crippen molar-refractivity contribution in [1.29, 1.82) is 0 Å². The smallest absolute Gasteiger partial charge is 0.338 e. The van der Waals surface area contributed by atoms with E-state index < -0.39 is 11.5 Å². The molecule has 0 aliphatic carbocycles. The highest BCUT2D eigenvalue weighted by Gasteiger charge is 2.44. The number of anilines is 2. The van der Waals surface area contributed by atoms with Gasteiger partial charge in [-0.3, -0.25) is 19.9 Å². The molecule has 0 saturated carbocycles. The molecular weight excluding hydrogens is 458 g/mol. The molecule has 2 aromatic rings. The van der Waals surface area contributed by atoms with Gasteiger partial charge in [0.25, 0.3) is 0 Å². The third kappa shape index (κ3) is 5.27. The van der Waals surface area contributed by atoms with Gasteiger partial charge in [-0.15, -0.1) is 11.8 Å². The van der Waals surface area contributed by atoms with Gasteiger partial charge in [0.15, 0.2) is 0 Å². The average molecular weight is 486 g/mol. The molecule has 11 heteroatoms. The van der Waals surface area contributed by atoms with Crippen LogP contribution in [0.25, 0.3) is 0 Å². The van der Waals surface area contributed by atoms with Crippen LogP contribution in [0.1, 0.15) is 17.3 Å². The predicted molar refractivity (Wildman–Crippen MR) is 129 cm³/mol. The van der Waals surface area contributed by atoms with Crippen molar-refractivity contribution in [2.45, 2.75) is 18.6 Å². The molecule has 3 atom stereocenters. The van der Waals surface area contributed by atoms with Crippen LogP contribution in [0.15, 0.2) is 48.5 Å². The van der Waals surface area contributed by atoms with E-state index in [1.54, 1.807) is 38.3 Å². The standard InChI is InChI=1S/C23H27N5O5S/c1-3-33-22(31)14-8-10-15(11-9-14)25-19(29)13-34-23-26-20-16(21(30)27-23)12-24-28(20)17-6-4-5-7-18(17)32-2/h4-11,16,20,23-24,26H,3,12-13H2,1-2H3,(H,25,29)(H,27,30). The minimum absolute atomic E-state index is 0.0823. The van der Waals surface area contributed by atoms with Crippen LogP contribution in [0.3, 0.4) is 0 Å². The first-order chi connectivity index (χ1) is 16.5. The molecule has 2 heterocycles. The second-order valence-electron chi connectivity index (χ2n) is 7.67. The molecule has 2 amide bonds. The summed E-state index contributed by atoms with van der Waals surface area (Å²) < 4.78 is 10.4. The molecule has 10 nitrogen and oxygen atoms in total. The molecule has 0 spiro atoms. The Morgan fingerprint density at radius 2 is 1.94 bits per heavy atom. The van der Waals surface area contributed by atoms with E-state index in [0.717, 1.165) is 5.69 Å². The Hall–Kier alpha value is -3.28. The van der Waals surface area contributed by atoms with Crippen LogP contribution in [0.5, 0.6) is 5.75 Å². The minimum atomic E-state index is -0.442. The number of fused-ring (bicyclic) bond motifs is 1. The van der Waals surface area contributed by atoms with E-state index in [4.69, 9.17) is 9.47 Å². The Bertz CT molecular complexity index is 1050. The van der Waals surface area contributed by atoms with E-state index in [1.165, 1.54) is 11.8 Å². The first-order valence-electron chi connectivity index (χ1n) is 10.9. The lowest BCUT2D eigenvalue weighted by Crippen LogP contribution is -2.63. The van der Waals surface area contributed by atoms with Crippen LogP contribution in [-0.2, 0) is 14.3 Å². The number of para-hydroxylation sites is 2. The topological polar surface area (TPSA) is 121 Å². The molecule has 0 aromatic heterocycles. The van der Waals surface area contributed by atoms with E-state index in [-0.39, 0.29) is 29.7 Å². The summed E-state index contributed by atoms with van der Waals surface area (Å²) in [6.07, 6.45) is -0.291. The third-order valence-electron chi connectivity index (χ3n) is 5.48. The minimum Gasteiger partial charge on any atom is -0.495 e. The fourth-order valence-electron chi connectivity index (χ4n) is 3.86. The molecule has 2 aliphatic rings. The number of hydrazine groups is 1. The van der Waals surface area contributed by atoms with Gasteiger partial charge < -0.3 is 20.1 Å². The number of hydrogen-bond acceptors (Lipinski definition) is 9. The van der Waals surface area contributed by atoms with Crippen molar-refractivity contribution in [2.75, 3.05) is 36.3 Å². The van der Waals surface area contributed by atoms with Crippen molar-refractivity contribution >= 4 is 40.9 Å². The Balaban J connectivity index is 1.33. The maximum absolute atomic E-state index is 12.7. The number of benzene rings is 2. The van der Waals surface area contributed by atoms with Gasteiger partial charge in [-0.1, -0.05) is 12.1 Å². The van der Waals surface area contributed by atoms with E-state index in [9.17, 15) is 14.4 Å². The Morgan fingerprint density at radius 3 is 2.68 bits per heavy atom. The van der Waals surface area contributed by atoms with Crippen molar-refractivity contribution in [1.82, 2.24) is 16.1 Å². The molecule has 4 rings (SSSR count). The summed E-state index contributed by atoms with van der Waals surface area (Å²) in [4.78, 5) is 36.9. The second-order valence-corrected chi connectivity index (χ2v) is 8.76. The quantitative estimate of drug-likeness (QED) is 0.412. The van der Waals surface area contributed by atoms with Gasteiger partial charge in [-0.05, 0) is 43.3 Å². The van der Waals surface area contributed by atoms with Gasteiger partial charge in [-0.25, -0.2) is 10.2 Å². The zero-order valence-electron chi connectivity index (χ0n) is 18.9. The molecule has 2 saturated heterocycles. The van der Waals surface area contributed by atoms with Crippen molar-refractivity contribution in [3.63, 3.8) is 0 Å². The number of amides is 2. The molecule has 0 radical (unpaired) electrons. The number of rotatable bonds is 8. The monoisotopic (exact) mass is 485 g/mol. The summed E-state index contributed by atoms with van der Waals surface area (Å²) in [6, 6.07) is 14.1. The number of methoxy groups -OCH3 is 1. The first kappa shape index (κ1) is 23.9. The van der Waals surface area contributed by atoms with Crippen LogP contribution >= 0.6 is 11.8 Å². The molecular formula is C23H27N5O5S. The Labute approximate surface area is 201 Å². The maximum Gasteiger partial charge on any atom is 0.338 e. The van der Waals surface area contributed by atoms with Crippen LogP contribution in [-0.4, -0.2) is 55.5 Å². The average Bonchev–Trinajstić information content (AvgIpc) is 3.28. The maximum atomic E-state index is 12.7. The summed E-state index contributed by atoms with van der Waals surface area (Å²) in [6.45, 7) is 2.53. The molecule has 4 N–H and O–H groups in total. The summed E-state index contributed by atoms with van der Waals surface area (Å²) in [5.74, 6) is -0.178. The van der Waals surface area contributed by atoms with Gasteiger partial charge in [-0.2, -0.15) is 0 Å². The number of nitrogens with one attached hydrogen (secondary N) is 4. The van der Waals surface area contributed by atoms with E-state index in [2.05, 4.69) is 21.4 Å². The highest BCUT2D eigenvalue weighted by molar-refractivity contribution is 8.00. The van der Waals surface area contributed by atoms with Gasteiger partial charge in [0.2, 0.25) is 11.8 Å². The zero-order chi connectivity index (χ0) is 24.1. The van der Waals surface area contributed by atoms with E-state index in [0.29, 0.717) is 30.2 Å². The molecule has 2 aromatic carbocycles. The van der Waals surface area contributed by atoms with E-state index in [1.807, 2.05) is 29.3 Å². The normalized spacial score (nSPS) is 21.4. The molecule has 3 unspecified atom stereocenters. The van der Waals surface area contributed by atoms with Crippen molar-refractivity contribution in [2.24, 2.45) is 5.92 Å². The molecule has 34 heavy (non-hydrogen) atoms. The lowest BCUT2D eigenvalue weighted by atomic mass is 10.0. The number of esters is 1. The van der Waals surface area contributed by atoms with E-state index >= 15 is 0 Å². The van der Waals surface area contributed by atoms with Gasteiger partial charge in [0.05, 0.1) is 36.6 Å². The predicted octanol–water partition coefficient (Wildman–Crippen LogP) is 1.51. The first-order valence-corrected chi connectivity index (χ1v) is 12.0. The fraction of sp³-hybridized carbons (Fsp3) is 0.348. The highest BCUT2D eigenvalue weighted by atomic mass is 32.2. The zero-order valence-corrected chi connectivity index (χ0v) is 19.7. The van der Waals surface area contributed by atoms with Gasteiger partial charge in [0.1, 0.15) is 17.4 Å². The molecule has 2 aliphatic heterocycles. The van der Waals surface area contributed by atoms with Crippen LogP contribution in [0, 0.1) is 5.92 Å². The lowest BCUT2D eigenvalue weighted by Gasteiger charge is -2.37. The van der Waals surface area contributed by atoms with Crippen molar-refractivity contribution < 1.29 is 23.9 Å². The largest absolute Gasteiger partial charge is 0.495 e. The van der Waals surface area contributed by atoms with Gasteiger partial charge >= 0.3 is 5.97 Å². The molecule has 0 bridgehead atoms. The summed E-state index contributed by atoms with van der Waals surface area (Å²) in [7, 11) is 1.61. The Morgan fingerprint density at radius 1 is 1.18 bits per heavy atom. The summed E-state index contributed by atoms with van der Waals surface area (Å²) in [5.41, 5.74) is 4.64. The Kier molecular flexibility index (Phi) is 7.56. The number of ether oxygens (including phenoxy) is 2. The number of carbonyl (C=O) groups excluding carboxylic acids is 3. The van der Waals surface area contributed by atoms with Gasteiger partial charge in [0, 0.05) is 12.2 Å². The number of hydrogen-bond donors (Lipinski definition) is 4. The SMILES string of the molecule is CCOC(=O)c1ccc(NC(=O)CSC2NC(=O)C3CNN(c4ccccc4OC)C3N2)cc1. The second kappa shape index (κ2) is 10.8. The highest BCUT2D eigenvalue weighted by Crippen LogP contribution is 2.33. The molecule has 2 fully saturated rings. The number of nitrogens with zero attached hydrogens (tertiary/aromatic N) is 1. The molecule has 180 valence electrons. The summed E-state index contributed by atoms with van der Waals surface area (Å²) >= 11 is 1.28. The number of carbonyl (C=O) groups is 3.